The van der Waals surface area contributed by atoms with Crippen LogP contribution in [0.2, 0.25) is 0 Å². The molecule has 88 valence electrons. The van der Waals surface area contributed by atoms with Crippen molar-refractivity contribution in [3.63, 3.8) is 0 Å². The van der Waals surface area contributed by atoms with Crippen molar-refractivity contribution in [2.24, 2.45) is 0 Å². The molecule has 0 unspecified atom stereocenters. The SMILES string of the molecule is Cc1ccc(-c2c(C)cc(O)cc2O)c(C)c1. The highest BCUT2D eigenvalue weighted by molar-refractivity contribution is 5.77. The second-order valence-electron chi connectivity index (χ2n) is 4.48. The van der Waals surface area contributed by atoms with Crippen molar-refractivity contribution in [1.29, 1.82) is 0 Å². The summed E-state index contributed by atoms with van der Waals surface area (Å²) in [5, 5.41) is 19.4. The van der Waals surface area contributed by atoms with Gasteiger partial charge in [0.1, 0.15) is 11.5 Å². The number of hydrogen-bond acceptors (Lipinski definition) is 2. The lowest BCUT2D eigenvalue weighted by Crippen LogP contribution is -1.89. The van der Waals surface area contributed by atoms with E-state index in [0.717, 1.165) is 22.3 Å². The zero-order valence-electron chi connectivity index (χ0n) is 10.3. The standard InChI is InChI=1S/C15H16O2/c1-9-4-5-13(10(2)6-9)15-11(3)7-12(16)8-14(15)17/h4-8,16-17H,1-3H3. The third-order valence-corrected chi connectivity index (χ3v) is 2.95. The molecule has 0 fully saturated rings. The molecule has 0 atom stereocenters. The maximum absolute atomic E-state index is 9.96. The van der Waals surface area contributed by atoms with E-state index in [1.807, 2.05) is 32.9 Å². The van der Waals surface area contributed by atoms with Gasteiger partial charge in [-0.2, -0.15) is 0 Å². The van der Waals surface area contributed by atoms with Crippen LogP contribution in [0.4, 0.5) is 0 Å². The minimum atomic E-state index is 0.0912. The maximum Gasteiger partial charge on any atom is 0.127 e. The van der Waals surface area contributed by atoms with E-state index >= 15 is 0 Å². The minimum Gasteiger partial charge on any atom is -0.508 e. The van der Waals surface area contributed by atoms with Gasteiger partial charge in [-0.05, 0) is 43.5 Å². The Morgan fingerprint density at radius 2 is 1.53 bits per heavy atom. The van der Waals surface area contributed by atoms with Crippen LogP contribution in [0.15, 0.2) is 30.3 Å². The smallest absolute Gasteiger partial charge is 0.127 e. The quantitative estimate of drug-likeness (QED) is 0.781. The summed E-state index contributed by atoms with van der Waals surface area (Å²) < 4.78 is 0. The molecule has 0 saturated carbocycles. The summed E-state index contributed by atoms with van der Waals surface area (Å²) in [6.07, 6.45) is 0. The molecule has 0 saturated heterocycles. The summed E-state index contributed by atoms with van der Waals surface area (Å²) in [6.45, 7) is 5.95. The number of phenolic OH excluding ortho intramolecular Hbond substituents is 2. The normalized spacial score (nSPS) is 10.5. The zero-order valence-corrected chi connectivity index (χ0v) is 10.3. The zero-order chi connectivity index (χ0) is 12.6. The van der Waals surface area contributed by atoms with Gasteiger partial charge in [-0.25, -0.2) is 0 Å². The van der Waals surface area contributed by atoms with E-state index in [1.54, 1.807) is 6.07 Å². The van der Waals surface area contributed by atoms with E-state index in [2.05, 4.69) is 6.07 Å². The summed E-state index contributed by atoms with van der Waals surface area (Å²) in [5.41, 5.74) is 4.98. The van der Waals surface area contributed by atoms with Gasteiger partial charge in [0.25, 0.3) is 0 Å². The number of aromatic hydroxyl groups is 2. The van der Waals surface area contributed by atoms with Gasteiger partial charge in [0, 0.05) is 11.6 Å². The number of benzene rings is 2. The van der Waals surface area contributed by atoms with Crippen molar-refractivity contribution in [2.45, 2.75) is 20.8 Å². The van der Waals surface area contributed by atoms with E-state index < -0.39 is 0 Å². The van der Waals surface area contributed by atoms with Crippen LogP contribution in [0.25, 0.3) is 11.1 Å². The van der Waals surface area contributed by atoms with Crippen LogP contribution in [0.3, 0.4) is 0 Å². The summed E-state index contributed by atoms with van der Waals surface area (Å²) >= 11 is 0. The number of phenols is 2. The molecular formula is C15H16O2. The lowest BCUT2D eigenvalue weighted by atomic mass is 9.94. The summed E-state index contributed by atoms with van der Waals surface area (Å²) in [7, 11) is 0. The Hall–Kier alpha value is -1.96. The predicted molar refractivity (Wildman–Crippen MR) is 69.4 cm³/mol. The highest BCUT2D eigenvalue weighted by atomic mass is 16.3. The van der Waals surface area contributed by atoms with E-state index in [-0.39, 0.29) is 11.5 Å². The molecule has 0 radical (unpaired) electrons. The van der Waals surface area contributed by atoms with Crippen LogP contribution >= 0.6 is 0 Å². The van der Waals surface area contributed by atoms with Crippen molar-refractivity contribution in [3.8, 4) is 22.6 Å². The van der Waals surface area contributed by atoms with Gasteiger partial charge in [0.15, 0.2) is 0 Å². The van der Waals surface area contributed by atoms with Crippen molar-refractivity contribution in [1.82, 2.24) is 0 Å². The van der Waals surface area contributed by atoms with Gasteiger partial charge in [0.05, 0.1) is 0 Å². The first-order chi connectivity index (χ1) is 7.99. The molecule has 0 aliphatic rings. The monoisotopic (exact) mass is 228 g/mol. The first-order valence-corrected chi connectivity index (χ1v) is 5.59. The molecule has 0 aliphatic heterocycles. The molecular weight excluding hydrogens is 212 g/mol. The van der Waals surface area contributed by atoms with Crippen molar-refractivity contribution >= 4 is 0 Å². The van der Waals surface area contributed by atoms with Crippen molar-refractivity contribution in [3.05, 3.63) is 47.0 Å². The topological polar surface area (TPSA) is 40.5 Å². The molecule has 0 spiro atoms. The summed E-state index contributed by atoms with van der Waals surface area (Å²) in [6, 6.07) is 9.15. The molecule has 0 amide bonds. The van der Waals surface area contributed by atoms with E-state index in [0.29, 0.717) is 0 Å². The Morgan fingerprint density at radius 3 is 2.12 bits per heavy atom. The predicted octanol–water partition coefficient (Wildman–Crippen LogP) is 3.69. The third kappa shape index (κ3) is 2.11. The van der Waals surface area contributed by atoms with Gasteiger partial charge in [0.2, 0.25) is 0 Å². The second kappa shape index (κ2) is 4.13. The Balaban J connectivity index is 2.68. The lowest BCUT2D eigenvalue weighted by molar-refractivity contribution is 0.451. The fraction of sp³-hybridized carbons (Fsp3) is 0.200. The highest BCUT2D eigenvalue weighted by Gasteiger charge is 2.11. The Labute approximate surface area is 101 Å². The first-order valence-electron chi connectivity index (χ1n) is 5.59. The fourth-order valence-electron chi connectivity index (χ4n) is 2.19. The molecule has 0 bridgehead atoms. The van der Waals surface area contributed by atoms with E-state index in [4.69, 9.17) is 0 Å². The van der Waals surface area contributed by atoms with Crippen LogP contribution in [-0.4, -0.2) is 10.2 Å². The maximum atomic E-state index is 9.96. The average Bonchev–Trinajstić information content (AvgIpc) is 2.19. The van der Waals surface area contributed by atoms with Gasteiger partial charge in [-0.3, -0.25) is 0 Å². The Bertz CT molecular complexity index is 548. The molecule has 2 heteroatoms. The van der Waals surface area contributed by atoms with Crippen LogP contribution < -0.4 is 0 Å². The van der Waals surface area contributed by atoms with Gasteiger partial charge in [-0.15, -0.1) is 0 Å². The van der Waals surface area contributed by atoms with Crippen LogP contribution in [-0.2, 0) is 0 Å². The van der Waals surface area contributed by atoms with E-state index in [9.17, 15) is 10.2 Å². The molecule has 0 aliphatic carbocycles. The van der Waals surface area contributed by atoms with Crippen molar-refractivity contribution in [2.75, 3.05) is 0 Å². The third-order valence-electron chi connectivity index (χ3n) is 2.95. The molecule has 2 nitrogen and oxygen atoms in total. The van der Waals surface area contributed by atoms with Crippen LogP contribution in [0, 0.1) is 20.8 Å². The number of rotatable bonds is 1. The Kier molecular flexibility index (Phi) is 2.80. The first kappa shape index (κ1) is 11.5. The fourth-order valence-corrected chi connectivity index (χ4v) is 2.19. The molecule has 0 heterocycles. The van der Waals surface area contributed by atoms with Gasteiger partial charge in [-0.1, -0.05) is 23.8 Å². The number of aryl methyl sites for hydroxylation is 3. The van der Waals surface area contributed by atoms with Gasteiger partial charge >= 0.3 is 0 Å². The molecule has 2 N–H and O–H groups in total. The number of hydrogen-bond donors (Lipinski definition) is 2. The summed E-state index contributed by atoms with van der Waals surface area (Å²) in [4.78, 5) is 0. The molecule has 2 aromatic carbocycles. The highest BCUT2D eigenvalue weighted by Crippen LogP contribution is 2.37. The van der Waals surface area contributed by atoms with Gasteiger partial charge < -0.3 is 10.2 Å². The van der Waals surface area contributed by atoms with Crippen LogP contribution in [0.5, 0.6) is 11.5 Å². The average molecular weight is 228 g/mol. The summed E-state index contributed by atoms with van der Waals surface area (Å²) in [5.74, 6) is 0.211. The van der Waals surface area contributed by atoms with Crippen molar-refractivity contribution < 1.29 is 10.2 Å². The minimum absolute atomic E-state index is 0.0912. The van der Waals surface area contributed by atoms with Crippen LogP contribution in [0.1, 0.15) is 16.7 Å². The molecule has 0 aromatic heterocycles. The Morgan fingerprint density at radius 1 is 0.824 bits per heavy atom. The lowest BCUT2D eigenvalue weighted by Gasteiger charge is -2.12. The van der Waals surface area contributed by atoms with E-state index in [1.165, 1.54) is 11.6 Å². The molecule has 17 heavy (non-hydrogen) atoms. The molecule has 2 rings (SSSR count). The molecule has 2 aromatic rings. The second-order valence-corrected chi connectivity index (χ2v) is 4.48. The largest absolute Gasteiger partial charge is 0.508 e.